The van der Waals surface area contributed by atoms with Crippen molar-refractivity contribution in [3.05, 3.63) is 129 Å². The molecule has 0 N–H and O–H groups in total. The van der Waals surface area contributed by atoms with E-state index in [1.807, 2.05) is 48.5 Å². The molecular formula is C33H31ClN2O4. The zero-order valence-corrected chi connectivity index (χ0v) is 23.3. The Bertz CT molecular complexity index is 1630. The SMILES string of the molecule is CC(C)C(c1oc2cc(Cl)ccc2c(=O)c1Cc1ccccc1)N1CCN=C1C1=COC(Cc2ccccc2)O1. The number of benzene rings is 3. The zero-order valence-electron chi connectivity index (χ0n) is 22.5. The van der Waals surface area contributed by atoms with Gasteiger partial charge in [-0.05, 0) is 29.2 Å². The maximum Gasteiger partial charge on any atom is 0.244 e. The molecule has 0 aliphatic carbocycles. The largest absolute Gasteiger partial charge is 0.458 e. The van der Waals surface area contributed by atoms with Crippen LogP contribution in [0.15, 0.2) is 105 Å². The maximum absolute atomic E-state index is 14.0. The molecular weight excluding hydrogens is 524 g/mol. The van der Waals surface area contributed by atoms with Gasteiger partial charge < -0.3 is 18.8 Å². The number of rotatable bonds is 8. The zero-order chi connectivity index (χ0) is 27.6. The van der Waals surface area contributed by atoms with Gasteiger partial charge in [0.15, 0.2) is 11.3 Å². The maximum atomic E-state index is 14.0. The van der Waals surface area contributed by atoms with Crippen molar-refractivity contribution in [3.63, 3.8) is 0 Å². The van der Waals surface area contributed by atoms with Gasteiger partial charge in [-0.2, -0.15) is 0 Å². The molecule has 3 heterocycles. The van der Waals surface area contributed by atoms with E-state index in [1.54, 1.807) is 24.5 Å². The lowest BCUT2D eigenvalue weighted by atomic mass is 9.92. The van der Waals surface area contributed by atoms with Crippen LogP contribution in [0.4, 0.5) is 0 Å². The Kier molecular flexibility index (Phi) is 7.35. The summed E-state index contributed by atoms with van der Waals surface area (Å²) < 4.78 is 18.7. The standard InChI is InChI=1S/C33H31ClN2O4/c1-21(2)30(36-16-15-35-33(36)28-20-38-29(39-28)18-23-11-7-4-8-12-23)32-26(17-22-9-5-3-6-10-22)31(37)25-14-13-24(34)19-27(25)40-32/h3-14,19-21,29-30H,15-18H2,1-2H3. The first-order valence-corrected chi connectivity index (χ1v) is 14.0. The van der Waals surface area contributed by atoms with Gasteiger partial charge in [-0.15, -0.1) is 0 Å². The van der Waals surface area contributed by atoms with E-state index in [2.05, 4.69) is 30.9 Å². The Balaban J connectivity index is 1.37. The van der Waals surface area contributed by atoms with Crippen LogP contribution in [0, 0.1) is 5.92 Å². The Morgan fingerprint density at radius 1 is 1.00 bits per heavy atom. The first kappa shape index (κ1) is 26.2. The normalized spacial score (nSPS) is 17.5. The predicted molar refractivity (Wildman–Crippen MR) is 158 cm³/mol. The first-order valence-electron chi connectivity index (χ1n) is 13.6. The summed E-state index contributed by atoms with van der Waals surface area (Å²) >= 11 is 6.31. The predicted octanol–water partition coefficient (Wildman–Crippen LogP) is 6.91. The molecule has 0 fully saturated rings. The number of halogens is 1. The van der Waals surface area contributed by atoms with Gasteiger partial charge in [-0.25, -0.2) is 0 Å². The summed E-state index contributed by atoms with van der Waals surface area (Å²) in [6, 6.07) is 25.1. The minimum atomic E-state index is -0.422. The second kappa shape index (κ2) is 11.2. The fourth-order valence-electron chi connectivity index (χ4n) is 5.52. The molecule has 0 saturated carbocycles. The van der Waals surface area contributed by atoms with E-state index in [-0.39, 0.29) is 17.4 Å². The Morgan fingerprint density at radius 3 is 2.45 bits per heavy atom. The average Bonchev–Trinajstić information content (AvgIpc) is 3.61. The van der Waals surface area contributed by atoms with Crippen LogP contribution in [-0.2, 0) is 22.3 Å². The molecule has 0 amide bonds. The van der Waals surface area contributed by atoms with Gasteiger partial charge in [-0.3, -0.25) is 9.79 Å². The van der Waals surface area contributed by atoms with E-state index < -0.39 is 6.29 Å². The number of aliphatic imine (C=N–C) groups is 1. The third-order valence-corrected chi connectivity index (χ3v) is 7.60. The molecule has 2 atom stereocenters. The summed E-state index contributed by atoms with van der Waals surface area (Å²) in [6.07, 6.45) is 2.32. The van der Waals surface area contributed by atoms with Crippen LogP contribution in [0.25, 0.3) is 11.0 Å². The number of ether oxygens (including phenoxy) is 2. The summed E-state index contributed by atoms with van der Waals surface area (Å²) in [6.45, 7) is 5.55. The van der Waals surface area contributed by atoms with Crippen LogP contribution in [0.2, 0.25) is 5.02 Å². The van der Waals surface area contributed by atoms with Gasteiger partial charge in [0.1, 0.15) is 17.6 Å². The molecule has 0 bridgehead atoms. The van der Waals surface area contributed by atoms with E-state index in [0.717, 1.165) is 11.1 Å². The van der Waals surface area contributed by atoms with Crippen molar-refractivity contribution >= 4 is 28.4 Å². The fourth-order valence-corrected chi connectivity index (χ4v) is 5.68. The van der Waals surface area contributed by atoms with Gasteiger partial charge in [0, 0.05) is 36.0 Å². The molecule has 2 aliphatic rings. The van der Waals surface area contributed by atoms with E-state index in [9.17, 15) is 4.79 Å². The van der Waals surface area contributed by atoms with Crippen molar-refractivity contribution in [2.75, 3.05) is 13.1 Å². The highest BCUT2D eigenvalue weighted by Gasteiger charge is 2.38. The van der Waals surface area contributed by atoms with E-state index >= 15 is 0 Å². The Morgan fingerprint density at radius 2 is 1.73 bits per heavy atom. The molecule has 0 spiro atoms. The second-order valence-electron chi connectivity index (χ2n) is 10.5. The quantitative estimate of drug-likeness (QED) is 0.237. The molecule has 3 aromatic carbocycles. The average molecular weight is 555 g/mol. The summed E-state index contributed by atoms with van der Waals surface area (Å²) in [5.74, 6) is 2.04. The minimum Gasteiger partial charge on any atom is -0.458 e. The minimum absolute atomic E-state index is 0.0392. The van der Waals surface area contributed by atoms with Gasteiger partial charge in [0.2, 0.25) is 12.0 Å². The molecule has 204 valence electrons. The van der Waals surface area contributed by atoms with Crippen molar-refractivity contribution in [1.82, 2.24) is 4.90 Å². The monoisotopic (exact) mass is 554 g/mol. The topological polar surface area (TPSA) is 64.3 Å². The highest BCUT2D eigenvalue weighted by molar-refractivity contribution is 6.31. The van der Waals surface area contributed by atoms with Gasteiger partial charge in [0.25, 0.3) is 0 Å². The van der Waals surface area contributed by atoms with Crippen molar-refractivity contribution in [1.29, 1.82) is 0 Å². The number of hydrogen-bond acceptors (Lipinski definition) is 6. The second-order valence-corrected chi connectivity index (χ2v) is 11.0. The van der Waals surface area contributed by atoms with Gasteiger partial charge in [0.05, 0.1) is 18.0 Å². The van der Waals surface area contributed by atoms with E-state index in [1.165, 1.54) is 0 Å². The van der Waals surface area contributed by atoms with Crippen molar-refractivity contribution in [2.45, 2.75) is 39.0 Å². The van der Waals surface area contributed by atoms with Crippen LogP contribution >= 0.6 is 11.6 Å². The number of amidine groups is 1. The molecule has 6 rings (SSSR count). The fraction of sp³-hybridized carbons (Fsp3) is 0.273. The van der Waals surface area contributed by atoms with Crippen LogP contribution in [0.5, 0.6) is 0 Å². The molecule has 0 saturated heterocycles. The summed E-state index contributed by atoms with van der Waals surface area (Å²) in [4.78, 5) is 21.0. The van der Waals surface area contributed by atoms with Crippen LogP contribution in [-0.4, -0.2) is 30.1 Å². The van der Waals surface area contributed by atoms with Crippen LogP contribution < -0.4 is 5.43 Å². The Hall–Kier alpha value is -4.03. The highest BCUT2D eigenvalue weighted by Crippen LogP contribution is 2.37. The molecule has 2 aliphatic heterocycles. The highest BCUT2D eigenvalue weighted by atomic mass is 35.5. The first-order chi connectivity index (χ1) is 19.5. The molecule has 2 unspecified atom stereocenters. The third-order valence-electron chi connectivity index (χ3n) is 7.36. The van der Waals surface area contributed by atoms with E-state index in [0.29, 0.717) is 64.8 Å². The van der Waals surface area contributed by atoms with Gasteiger partial charge >= 0.3 is 0 Å². The van der Waals surface area contributed by atoms with Crippen molar-refractivity contribution < 1.29 is 13.9 Å². The molecule has 1 aromatic heterocycles. The molecule has 6 nitrogen and oxygen atoms in total. The summed E-state index contributed by atoms with van der Waals surface area (Å²) in [7, 11) is 0. The Labute approximate surface area is 238 Å². The number of fused-ring (bicyclic) bond motifs is 1. The van der Waals surface area contributed by atoms with Crippen LogP contribution in [0.1, 0.15) is 42.3 Å². The van der Waals surface area contributed by atoms with Crippen molar-refractivity contribution in [3.8, 4) is 0 Å². The van der Waals surface area contributed by atoms with E-state index in [4.69, 9.17) is 30.5 Å². The van der Waals surface area contributed by atoms with Crippen molar-refractivity contribution in [2.24, 2.45) is 10.9 Å². The lowest BCUT2D eigenvalue weighted by Crippen LogP contribution is -2.37. The number of nitrogens with zero attached hydrogens (tertiary/aromatic N) is 2. The smallest absolute Gasteiger partial charge is 0.244 e. The molecule has 0 radical (unpaired) electrons. The molecule has 7 heteroatoms. The lowest BCUT2D eigenvalue weighted by molar-refractivity contribution is -0.0263. The summed E-state index contributed by atoms with van der Waals surface area (Å²) in [5, 5.41) is 1.05. The molecule has 40 heavy (non-hydrogen) atoms. The number of hydrogen-bond donors (Lipinski definition) is 0. The summed E-state index contributed by atoms with van der Waals surface area (Å²) in [5.41, 5.74) is 3.26. The third kappa shape index (κ3) is 5.24. The molecule has 4 aromatic rings. The lowest BCUT2D eigenvalue weighted by Gasteiger charge is -2.33. The van der Waals surface area contributed by atoms with Gasteiger partial charge in [-0.1, -0.05) is 86.1 Å². The van der Waals surface area contributed by atoms with Crippen LogP contribution in [0.3, 0.4) is 0 Å².